The quantitative estimate of drug-likeness (QED) is 0.444. The molecule has 6 heteroatoms. The lowest BCUT2D eigenvalue weighted by atomic mass is 9.55. The van der Waals surface area contributed by atoms with E-state index in [1.165, 1.54) is 6.07 Å². The predicted molar refractivity (Wildman–Crippen MR) is 143 cm³/mol. The van der Waals surface area contributed by atoms with Gasteiger partial charge in [-0.3, -0.25) is 0 Å². The number of fused-ring (bicyclic) bond motifs is 6. The molecule has 1 N–H and O–H groups in total. The van der Waals surface area contributed by atoms with Crippen LogP contribution in [0.2, 0.25) is 0 Å². The molecule has 0 spiro atoms. The van der Waals surface area contributed by atoms with Crippen LogP contribution in [-0.2, 0) is 16.5 Å². The van der Waals surface area contributed by atoms with Gasteiger partial charge in [0.1, 0.15) is 10.6 Å². The zero-order valence-electron chi connectivity index (χ0n) is 24.9. The van der Waals surface area contributed by atoms with E-state index in [0.717, 1.165) is 29.5 Å². The van der Waals surface area contributed by atoms with Crippen LogP contribution >= 0.6 is 0 Å². The van der Waals surface area contributed by atoms with Crippen LogP contribution in [0.25, 0.3) is 10.8 Å². The van der Waals surface area contributed by atoms with Crippen LogP contribution in [0, 0.1) is 17.3 Å². The minimum absolute atomic E-state index is 0.00841. The fraction of sp³-hybridized carbons (Fsp3) is 0.467. The molecule has 0 aromatic heterocycles. The average Bonchev–Trinajstić information content (AvgIpc) is 3.09. The third-order valence-corrected chi connectivity index (χ3v) is 10.2. The Labute approximate surface area is 219 Å². The molecule has 0 saturated heterocycles. The normalized spacial score (nSPS) is 32.3. The summed E-state index contributed by atoms with van der Waals surface area (Å²) in [6.07, 6.45) is 0.334. The highest BCUT2D eigenvalue weighted by Crippen LogP contribution is 2.61. The second kappa shape index (κ2) is 8.49. The second-order valence-electron chi connectivity index (χ2n) is 11.0. The highest BCUT2D eigenvalue weighted by Gasteiger charge is 2.54. The molecule has 0 aliphatic heterocycles. The van der Waals surface area contributed by atoms with Crippen molar-refractivity contribution >= 4 is 26.6 Å². The van der Waals surface area contributed by atoms with Crippen molar-refractivity contribution in [2.24, 2.45) is 17.3 Å². The smallest absolute Gasteiger partial charge is 0.339 e. The topological polar surface area (TPSA) is 66.8 Å². The van der Waals surface area contributed by atoms with Gasteiger partial charge in [0.15, 0.2) is 0 Å². The van der Waals surface area contributed by atoms with E-state index in [2.05, 4.69) is 0 Å². The molecule has 2 fully saturated rings. The standard InChI is InChI=1S/C30H35NO4S/c1-30-17-16-22-21-13-11-20(18-19(21)10-12-23(22)26(30)14-15-29(30)32)35-36(33,34)28-9-5-6-24-25(28)7-4-8-27(24)31(2)3/h4-9,11,13,18,22-23,26,29,32H,10,12,14-17H2,1-3H3/t22-,23-,26+,29+,30+/m1/s1/i11D,15D2,18D. The molecule has 190 valence electrons. The number of rotatable bonds is 4. The number of nitrogens with zero attached hydrogens (tertiary/aromatic N) is 1. The summed E-state index contributed by atoms with van der Waals surface area (Å²) >= 11 is 0. The number of aliphatic hydroxyl groups excluding tert-OH is 1. The van der Waals surface area contributed by atoms with E-state index in [4.69, 9.17) is 9.67 Å². The molecule has 3 aromatic rings. The number of anilines is 1. The fourth-order valence-corrected chi connectivity index (χ4v) is 8.11. The second-order valence-corrected chi connectivity index (χ2v) is 12.5. The molecule has 0 heterocycles. The Morgan fingerprint density at radius 1 is 1.11 bits per heavy atom. The maximum absolute atomic E-state index is 13.6. The van der Waals surface area contributed by atoms with E-state index >= 15 is 0 Å². The van der Waals surface area contributed by atoms with E-state index in [9.17, 15) is 13.5 Å². The van der Waals surface area contributed by atoms with Gasteiger partial charge in [-0.25, -0.2) is 0 Å². The number of hydrogen-bond donors (Lipinski definition) is 1. The molecule has 6 rings (SSSR count). The molecule has 0 amide bonds. The fourth-order valence-electron chi connectivity index (χ4n) is 7.02. The van der Waals surface area contributed by atoms with Crippen LogP contribution in [0.15, 0.2) is 59.4 Å². The first-order valence-electron chi connectivity index (χ1n) is 14.7. The third kappa shape index (κ3) is 3.64. The van der Waals surface area contributed by atoms with Crippen molar-refractivity contribution in [2.75, 3.05) is 19.0 Å². The summed E-state index contributed by atoms with van der Waals surface area (Å²) in [5.41, 5.74) is 1.96. The highest BCUT2D eigenvalue weighted by molar-refractivity contribution is 7.87. The minimum atomic E-state index is -4.34. The summed E-state index contributed by atoms with van der Waals surface area (Å²) in [6.45, 7) is 2.00. The zero-order valence-corrected chi connectivity index (χ0v) is 21.7. The molecule has 2 saturated carbocycles. The first kappa shape index (κ1) is 19.5. The molecule has 0 radical (unpaired) electrons. The molecule has 0 unspecified atom stereocenters. The van der Waals surface area contributed by atoms with Gasteiger partial charge >= 0.3 is 10.1 Å². The van der Waals surface area contributed by atoms with Gasteiger partial charge in [-0.1, -0.05) is 37.3 Å². The Bertz CT molecular complexity index is 1630. The van der Waals surface area contributed by atoms with Crippen LogP contribution in [0.5, 0.6) is 5.75 Å². The van der Waals surface area contributed by atoms with Crippen LogP contribution < -0.4 is 9.08 Å². The van der Waals surface area contributed by atoms with E-state index in [1.807, 2.05) is 38.1 Å². The summed E-state index contributed by atoms with van der Waals surface area (Å²) in [5.74, 6) is -0.0487. The van der Waals surface area contributed by atoms with Crippen LogP contribution in [0.4, 0.5) is 5.69 Å². The molecule has 3 aliphatic rings. The maximum atomic E-state index is 13.6. The summed E-state index contributed by atoms with van der Waals surface area (Å²) in [4.78, 5) is 1.90. The van der Waals surface area contributed by atoms with Gasteiger partial charge in [-0.15, -0.1) is 0 Å². The van der Waals surface area contributed by atoms with Crippen molar-refractivity contribution < 1.29 is 23.2 Å². The lowest BCUT2D eigenvalue weighted by Crippen LogP contribution is -2.43. The largest absolute Gasteiger partial charge is 0.393 e. The first-order valence-corrected chi connectivity index (χ1v) is 14.1. The first-order chi connectivity index (χ1) is 18.8. The lowest BCUT2D eigenvalue weighted by Gasteiger charge is -2.50. The maximum Gasteiger partial charge on any atom is 0.339 e. The Balaban J connectivity index is 1.36. The average molecular weight is 510 g/mol. The van der Waals surface area contributed by atoms with Gasteiger partial charge in [0.25, 0.3) is 0 Å². The zero-order chi connectivity index (χ0) is 28.8. The van der Waals surface area contributed by atoms with Crippen LogP contribution in [0.3, 0.4) is 0 Å². The van der Waals surface area contributed by atoms with Crippen LogP contribution in [0.1, 0.15) is 61.5 Å². The molecule has 3 aliphatic carbocycles. The Morgan fingerprint density at radius 2 is 1.89 bits per heavy atom. The number of benzene rings is 3. The third-order valence-electron chi connectivity index (χ3n) is 8.93. The van der Waals surface area contributed by atoms with Crippen molar-refractivity contribution in [1.29, 1.82) is 0 Å². The Kier molecular flexibility index (Phi) is 4.61. The molecular weight excluding hydrogens is 470 g/mol. The molecule has 0 bridgehead atoms. The number of aliphatic hydroxyl groups is 1. The Hall–Kier alpha value is -2.57. The van der Waals surface area contributed by atoms with E-state index in [-0.39, 0.29) is 40.5 Å². The van der Waals surface area contributed by atoms with E-state index < -0.39 is 28.0 Å². The van der Waals surface area contributed by atoms with Crippen LogP contribution in [-0.4, -0.2) is 33.7 Å². The molecule has 36 heavy (non-hydrogen) atoms. The molecule has 5 atom stereocenters. The summed E-state index contributed by atoms with van der Waals surface area (Å²) in [5, 5.41) is 12.1. The van der Waals surface area contributed by atoms with Crippen molar-refractivity contribution in [3.8, 4) is 5.75 Å². The number of hydrogen-bond acceptors (Lipinski definition) is 5. The predicted octanol–water partition coefficient (Wildman–Crippen LogP) is 5.89. The van der Waals surface area contributed by atoms with E-state index in [0.29, 0.717) is 30.2 Å². The summed E-state index contributed by atoms with van der Waals surface area (Å²) in [7, 11) is -0.565. The van der Waals surface area contributed by atoms with Gasteiger partial charge in [0.05, 0.1) is 8.85 Å². The Morgan fingerprint density at radius 3 is 2.69 bits per heavy atom. The van der Waals surface area contributed by atoms with Crippen molar-refractivity contribution in [2.45, 2.75) is 62.3 Å². The molecular formula is C30H35NO4S. The monoisotopic (exact) mass is 509 g/mol. The SMILES string of the molecule is [2H]c1cc2c(c([2H])c1OS(=O)(=O)c1cccc3c(N(C)C)cccc13)CC[C@@H]1[C@@H]2CC[C@@]2(C)[C@H]1CC([2H])([2H])[C@@H]2O. The van der Waals surface area contributed by atoms with Crippen molar-refractivity contribution in [3.63, 3.8) is 0 Å². The minimum Gasteiger partial charge on any atom is -0.393 e. The molecule has 5 nitrogen and oxygen atoms in total. The van der Waals surface area contributed by atoms with Crippen molar-refractivity contribution in [1.82, 2.24) is 0 Å². The lowest BCUT2D eigenvalue weighted by molar-refractivity contribution is -0.0226. The summed E-state index contributed by atoms with van der Waals surface area (Å²) in [6, 6.07) is 11.9. The van der Waals surface area contributed by atoms with Gasteiger partial charge in [0.2, 0.25) is 0 Å². The highest BCUT2D eigenvalue weighted by atomic mass is 32.2. The van der Waals surface area contributed by atoms with Gasteiger partial charge in [0, 0.05) is 33.3 Å². The van der Waals surface area contributed by atoms with Gasteiger partial charge < -0.3 is 14.2 Å². The van der Waals surface area contributed by atoms with E-state index in [1.54, 1.807) is 24.3 Å². The van der Waals surface area contributed by atoms with Gasteiger partial charge in [-0.2, -0.15) is 8.42 Å². The molecule has 3 aromatic carbocycles. The van der Waals surface area contributed by atoms with Crippen molar-refractivity contribution in [3.05, 3.63) is 65.7 Å². The summed E-state index contributed by atoms with van der Waals surface area (Å²) < 4.78 is 67.2. The van der Waals surface area contributed by atoms with Gasteiger partial charge in [-0.05, 0) is 97.0 Å².